The average molecular weight is 602 g/mol. The van der Waals surface area contributed by atoms with Crippen LogP contribution in [0.2, 0.25) is 0 Å². The third kappa shape index (κ3) is 5.73. The van der Waals surface area contributed by atoms with Gasteiger partial charge in [0.25, 0.3) is 0 Å². The molecule has 0 amide bonds. The zero-order valence-electron chi connectivity index (χ0n) is 25.0. The molecule has 2 fully saturated rings. The number of ether oxygens (including phenoxy) is 1. The van der Waals surface area contributed by atoms with E-state index < -0.39 is 39.8 Å². The Morgan fingerprint density at radius 2 is 1.88 bits per heavy atom. The van der Waals surface area contributed by atoms with Crippen molar-refractivity contribution in [1.82, 2.24) is 29.2 Å². The second-order valence-corrected chi connectivity index (χ2v) is 14.6. The van der Waals surface area contributed by atoms with E-state index in [-0.39, 0.29) is 35.0 Å². The molecule has 2 aliphatic rings. The Labute approximate surface area is 240 Å². The largest absolute Gasteiger partial charge is 0.476 e. The van der Waals surface area contributed by atoms with Crippen LogP contribution in [-0.2, 0) is 22.6 Å². The normalized spacial score (nSPS) is 22.5. The summed E-state index contributed by atoms with van der Waals surface area (Å²) in [5.41, 5.74) is -3.28. The summed E-state index contributed by atoms with van der Waals surface area (Å²) in [6.07, 6.45) is -0.554. The monoisotopic (exact) mass is 601 g/mol. The number of likely N-dealkylation sites (tertiary alicyclic amines) is 1. The number of hydrogen-bond acceptors (Lipinski definition) is 6. The third-order valence-electron chi connectivity index (χ3n) is 9.03. The van der Waals surface area contributed by atoms with Crippen LogP contribution in [-0.4, -0.2) is 69.6 Å². The molecule has 14 heteroatoms. The molecule has 2 aromatic heterocycles. The van der Waals surface area contributed by atoms with E-state index in [1.807, 2.05) is 4.90 Å². The Balaban J connectivity index is 1.69. The van der Waals surface area contributed by atoms with Crippen molar-refractivity contribution >= 4 is 15.9 Å². The van der Waals surface area contributed by atoms with Crippen LogP contribution in [0.1, 0.15) is 66.5 Å². The van der Waals surface area contributed by atoms with Crippen molar-refractivity contribution in [2.75, 3.05) is 13.2 Å². The van der Waals surface area contributed by atoms with Crippen LogP contribution in [0.25, 0.3) is 0 Å². The Bertz CT molecular complexity index is 1390. The molecule has 2 unspecified atom stereocenters. The van der Waals surface area contributed by atoms with E-state index in [2.05, 4.69) is 42.6 Å². The lowest BCUT2D eigenvalue weighted by Gasteiger charge is -2.44. The SMILES string of the molecule is Cc1nn(C)cc1S(=O)(=O)NC(C)[C@](C)(C(=N)N1CC(C(C)C)CC1(C)C)n1ccc(OCC2(C(F)(F)F)CC2)n1. The van der Waals surface area contributed by atoms with Gasteiger partial charge in [-0.15, -0.1) is 5.10 Å². The summed E-state index contributed by atoms with van der Waals surface area (Å²) in [6, 6.07) is 0.558. The Kier molecular flexibility index (Phi) is 7.86. The van der Waals surface area contributed by atoms with Gasteiger partial charge in [0, 0.05) is 37.6 Å². The van der Waals surface area contributed by atoms with E-state index in [9.17, 15) is 27.0 Å². The van der Waals surface area contributed by atoms with E-state index in [4.69, 9.17) is 4.74 Å². The van der Waals surface area contributed by atoms with E-state index in [1.54, 1.807) is 27.8 Å². The zero-order chi connectivity index (χ0) is 30.8. The smallest absolute Gasteiger partial charge is 0.397 e. The number of nitrogens with one attached hydrogen (secondary N) is 2. The summed E-state index contributed by atoms with van der Waals surface area (Å²) in [5.74, 6) is 0.843. The van der Waals surface area contributed by atoms with Crippen molar-refractivity contribution in [2.45, 2.75) is 95.9 Å². The van der Waals surface area contributed by atoms with E-state index in [0.717, 1.165) is 6.42 Å². The van der Waals surface area contributed by atoms with Crippen LogP contribution in [0, 0.1) is 29.6 Å². The molecule has 1 aliphatic heterocycles. The number of aryl methyl sites for hydroxylation is 2. The number of rotatable bonds is 10. The highest BCUT2D eigenvalue weighted by Gasteiger charge is 2.64. The predicted octanol–water partition coefficient (Wildman–Crippen LogP) is 4.46. The number of sulfonamides is 1. The fourth-order valence-electron chi connectivity index (χ4n) is 5.69. The molecule has 3 heterocycles. The molecule has 1 saturated heterocycles. The first kappa shape index (κ1) is 31.3. The molecule has 3 atom stereocenters. The quantitative estimate of drug-likeness (QED) is 0.307. The van der Waals surface area contributed by atoms with Gasteiger partial charge in [-0.05, 0) is 65.7 Å². The fraction of sp³-hybridized carbons (Fsp3) is 0.741. The summed E-state index contributed by atoms with van der Waals surface area (Å²) >= 11 is 0. The van der Waals surface area contributed by atoms with Gasteiger partial charge in [-0.1, -0.05) is 13.8 Å². The zero-order valence-corrected chi connectivity index (χ0v) is 25.8. The summed E-state index contributed by atoms with van der Waals surface area (Å²) < 4.78 is 78.4. The lowest BCUT2D eigenvalue weighted by Crippen LogP contribution is -2.61. The van der Waals surface area contributed by atoms with Crippen molar-refractivity contribution in [2.24, 2.45) is 24.3 Å². The van der Waals surface area contributed by atoms with Crippen LogP contribution >= 0.6 is 0 Å². The number of aromatic nitrogens is 4. The van der Waals surface area contributed by atoms with Crippen molar-refractivity contribution in [3.05, 3.63) is 24.2 Å². The number of amidine groups is 1. The van der Waals surface area contributed by atoms with E-state index >= 15 is 0 Å². The van der Waals surface area contributed by atoms with Crippen molar-refractivity contribution in [1.29, 1.82) is 5.41 Å². The summed E-state index contributed by atoms with van der Waals surface area (Å²) in [7, 11) is -2.42. The highest BCUT2D eigenvalue weighted by molar-refractivity contribution is 7.89. The first-order valence-corrected chi connectivity index (χ1v) is 15.4. The molecule has 2 aromatic rings. The van der Waals surface area contributed by atoms with Crippen molar-refractivity contribution in [3.63, 3.8) is 0 Å². The van der Waals surface area contributed by atoms with Crippen LogP contribution < -0.4 is 9.46 Å². The fourth-order valence-corrected chi connectivity index (χ4v) is 7.23. The topological polar surface area (TPSA) is 118 Å². The summed E-state index contributed by atoms with van der Waals surface area (Å²) in [4.78, 5) is 2.01. The molecular formula is C27H42F3N7O3S. The minimum Gasteiger partial charge on any atom is -0.476 e. The second kappa shape index (κ2) is 10.3. The molecule has 10 nitrogen and oxygen atoms in total. The molecule has 0 bridgehead atoms. The van der Waals surface area contributed by atoms with Gasteiger partial charge in [0.05, 0.1) is 11.7 Å². The van der Waals surface area contributed by atoms with Gasteiger partial charge in [-0.25, -0.2) is 13.1 Å². The first-order chi connectivity index (χ1) is 18.7. The number of halogens is 3. The van der Waals surface area contributed by atoms with Crippen molar-refractivity contribution < 1.29 is 26.3 Å². The highest BCUT2D eigenvalue weighted by atomic mass is 32.2. The lowest BCUT2D eigenvalue weighted by molar-refractivity contribution is -0.194. The molecular weight excluding hydrogens is 559 g/mol. The van der Waals surface area contributed by atoms with Gasteiger partial charge >= 0.3 is 6.18 Å². The van der Waals surface area contributed by atoms with Gasteiger partial charge in [0.1, 0.15) is 28.3 Å². The first-order valence-electron chi connectivity index (χ1n) is 13.9. The molecule has 1 aliphatic carbocycles. The number of hydrogen-bond donors (Lipinski definition) is 2. The molecule has 41 heavy (non-hydrogen) atoms. The average Bonchev–Trinajstić information content (AvgIpc) is 3.18. The molecule has 1 saturated carbocycles. The van der Waals surface area contributed by atoms with Gasteiger partial charge in [0.2, 0.25) is 15.9 Å². The Morgan fingerprint density at radius 3 is 2.37 bits per heavy atom. The lowest BCUT2D eigenvalue weighted by atomic mass is 9.88. The Hall–Kier alpha value is -2.61. The highest BCUT2D eigenvalue weighted by Crippen LogP contribution is 2.57. The Morgan fingerprint density at radius 1 is 1.24 bits per heavy atom. The number of nitrogens with zero attached hydrogens (tertiary/aromatic N) is 5. The van der Waals surface area contributed by atoms with Crippen LogP contribution in [0.15, 0.2) is 23.4 Å². The maximum Gasteiger partial charge on any atom is 0.397 e. The predicted molar refractivity (Wildman–Crippen MR) is 148 cm³/mol. The van der Waals surface area contributed by atoms with Crippen LogP contribution in [0.4, 0.5) is 13.2 Å². The summed E-state index contributed by atoms with van der Waals surface area (Å²) in [6.45, 7) is 13.4. The van der Waals surface area contributed by atoms with Crippen LogP contribution in [0.5, 0.6) is 5.88 Å². The van der Waals surface area contributed by atoms with Crippen LogP contribution in [0.3, 0.4) is 0 Å². The molecule has 4 rings (SSSR count). The van der Waals surface area contributed by atoms with Gasteiger partial charge in [-0.3, -0.25) is 14.8 Å². The molecule has 2 N–H and O–H groups in total. The minimum atomic E-state index is -4.36. The molecule has 230 valence electrons. The minimum absolute atomic E-state index is 0.00715. The number of alkyl halides is 3. The maximum atomic E-state index is 13.5. The third-order valence-corrected chi connectivity index (χ3v) is 10.7. The van der Waals surface area contributed by atoms with E-state index in [1.165, 1.54) is 27.8 Å². The van der Waals surface area contributed by atoms with Gasteiger partial charge < -0.3 is 9.64 Å². The molecule has 0 radical (unpaired) electrons. The van der Waals surface area contributed by atoms with E-state index in [0.29, 0.717) is 24.1 Å². The molecule has 0 aromatic carbocycles. The molecule has 0 spiro atoms. The van der Waals surface area contributed by atoms with Crippen molar-refractivity contribution in [3.8, 4) is 5.88 Å². The summed E-state index contributed by atoms with van der Waals surface area (Å²) in [5, 5.41) is 18.1. The van der Waals surface area contributed by atoms with Gasteiger partial charge in [0.15, 0.2) is 0 Å². The maximum absolute atomic E-state index is 13.5. The second-order valence-electron chi connectivity index (χ2n) is 12.9. The van der Waals surface area contributed by atoms with Gasteiger partial charge in [-0.2, -0.15) is 18.3 Å². The standard InChI is InChI=1S/C27H42F3N7O3S/c1-17(2)20-13-24(5,6)36(14-20)23(31)25(7,19(4)34-41(38,39)21-15-35(8)32-18(21)3)37-12-9-22(33-37)40-16-26(10-11-26)27(28,29)30/h9,12,15,17,19-20,31,34H,10-11,13-14,16H2,1-8H3/t19?,20?,25-/m1/s1.